The third-order valence-corrected chi connectivity index (χ3v) is 6.20. The number of para-hydroxylation sites is 1. The Morgan fingerprint density at radius 2 is 1.75 bits per heavy atom. The van der Waals surface area contributed by atoms with E-state index in [4.69, 9.17) is 16.9 Å². The normalized spacial score (nSPS) is 15.2. The first-order valence-corrected chi connectivity index (χ1v) is 11.2. The van der Waals surface area contributed by atoms with Gasteiger partial charge in [0.1, 0.15) is 5.54 Å². The zero-order chi connectivity index (χ0) is 26.3. The number of hydrogen-bond donors (Lipinski definition) is 1. The number of nitrogens with one attached hydrogen (secondary N) is 1. The van der Waals surface area contributed by atoms with Gasteiger partial charge in [0.15, 0.2) is 0 Å². The van der Waals surface area contributed by atoms with E-state index in [1.165, 1.54) is 24.8 Å². The van der Waals surface area contributed by atoms with E-state index in [0.717, 1.165) is 22.7 Å². The van der Waals surface area contributed by atoms with E-state index in [0.29, 0.717) is 22.3 Å². The summed E-state index contributed by atoms with van der Waals surface area (Å²) in [4.78, 5) is 28.7. The number of anilines is 3. The molecule has 10 heteroatoms. The highest BCUT2D eigenvalue weighted by molar-refractivity contribution is 6.30. The second-order valence-corrected chi connectivity index (χ2v) is 9.14. The highest BCUT2D eigenvalue weighted by Gasteiger charge is 2.52. The zero-order valence-electron chi connectivity index (χ0n) is 19.2. The summed E-state index contributed by atoms with van der Waals surface area (Å²) in [5.41, 5.74) is -1.32. The fourth-order valence-corrected chi connectivity index (χ4v) is 4.19. The molecule has 1 saturated heterocycles. The summed E-state index contributed by atoms with van der Waals surface area (Å²) in [6.07, 6.45) is -4.83. The van der Waals surface area contributed by atoms with E-state index in [2.05, 4.69) is 5.32 Å². The number of carbonyl (C=O) groups excluding carboxylic acids is 2. The molecule has 0 unspecified atom stereocenters. The van der Waals surface area contributed by atoms with Gasteiger partial charge in [-0.1, -0.05) is 35.9 Å². The van der Waals surface area contributed by atoms with Crippen molar-refractivity contribution < 1.29 is 22.8 Å². The number of alkyl halides is 3. The Hall–Kier alpha value is -4.03. The lowest BCUT2D eigenvalue weighted by Gasteiger charge is -2.28. The van der Waals surface area contributed by atoms with Crippen molar-refractivity contribution >= 4 is 40.6 Å². The van der Waals surface area contributed by atoms with E-state index in [-0.39, 0.29) is 12.2 Å². The van der Waals surface area contributed by atoms with Crippen LogP contribution in [0.5, 0.6) is 0 Å². The average Bonchev–Trinajstić information content (AvgIpc) is 2.98. The predicted octanol–water partition coefficient (Wildman–Crippen LogP) is 6.72. The Kier molecular flexibility index (Phi) is 6.41. The Balaban J connectivity index is 1.68. The average molecular weight is 513 g/mol. The summed E-state index contributed by atoms with van der Waals surface area (Å²) in [7, 11) is 0. The highest BCUT2D eigenvalue weighted by atomic mass is 35.5. The predicted molar refractivity (Wildman–Crippen MR) is 130 cm³/mol. The SMILES string of the molecule is CC1(C)C(=O)N(c2ccc(C#N)c(C(F)(F)F)c2)C(=O)N1Cc1ccccc1Nc1cccc(Cl)c1. The van der Waals surface area contributed by atoms with Gasteiger partial charge in [-0.2, -0.15) is 18.4 Å². The minimum atomic E-state index is -4.83. The van der Waals surface area contributed by atoms with Crippen LogP contribution in [0, 0.1) is 11.3 Å². The largest absolute Gasteiger partial charge is 0.417 e. The number of rotatable bonds is 5. The van der Waals surface area contributed by atoms with Crippen LogP contribution in [-0.4, -0.2) is 22.4 Å². The summed E-state index contributed by atoms with van der Waals surface area (Å²) >= 11 is 6.07. The zero-order valence-corrected chi connectivity index (χ0v) is 20.0. The summed E-state index contributed by atoms with van der Waals surface area (Å²) in [6.45, 7) is 3.09. The van der Waals surface area contributed by atoms with Crippen molar-refractivity contribution in [2.24, 2.45) is 0 Å². The number of nitrogens with zero attached hydrogens (tertiary/aromatic N) is 3. The molecule has 0 radical (unpaired) electrons. The number of halogens is 4. The number of imide groups is 1. The Morgan fingerprint density at radius 3 is 2.42 bits per heavy atom. The third-order valence-electron chi connectivity index (χ3n) is 5.96. The molecule has 184 valence electrons. The molecule has 0 aromatic heterocycles. The lowest BCUT2D eigenvalue weighted by atomic mass is 10.0. The molecule has 1 aliphatic rings. The van der Waals surface area contributed by atoms with Crippen LogP contribution in [0.15, 0.2) is 66.7 Å². The molecule has 0 atom stereocenters. The van der Waals surface area contributed by atoms with Crippen LogP contribution in [0.25, 0.3) is 0 Å². The van der Waals surface area contributed by atoms with Gasteiger partial charge in [-0.25, -0.2) is 9.69 Å². The molecular weight excluding hydrogens is 493 g/mol. The molecule has 0 spiro atoms. The van der Waals surface area contributed by atoms with Gasteiger partial charge in [0.25, 0.3) is 5.91 Å². The molecule has 3 amide bonds. The summed E-state index contributed by atoms with van der Waals surface area (Å²) in [6, 6.07) is 17.8. The molecule has 1 aliphatic heterocycles. The maximum Gasteiger partial charge on any atom is 0.417 e. The van der Waals surface area contributed by atoms with Gasteiger partial charge in [0.2, 0.25) is 0 Å². The molecule has 0 bridgehead atoms. The first-order chi connectivity index (χ1) is 16.9. The van der Waals surface area contributed by atoms with Crippen LogP contribution in [0.1, 0.15) is 30.5 Å². The first-order valence-electron chi connectivity index (χ1n) is 10.8. The van der Waals surface area contributed by atoms with Crippen molar-refractivity contribution in [2.75, 3.05) is 10.2 Å². The van der Waals surface area contributed by atoms with Crippen molar-refractivity contribution in [3.63, 3.8) is 0 Å². The molecule has 3 aromatic carbocycles. The minimum absolute atomic E-state index is 0.0141. The topological polar surface area (TPSA) is 76.4 Å². The molecule has 0 aliphatic carbocycles. The quantitative estimate of drug-likeness (QED) is 0.385. The molecule has 1 fully saturated rings. The fraction of sp³-hybridized carbons (Fsp3) is 0.192. The van der Waals surface area contributed by atoms with E-state index in [1.54, 1.807) is 42.5 Å². The maximum atomic E-state index is 13.5. The number of carbonyl (C=O) groups is 2. The van der Waals surface area contributed by atoms with Crippen LogP contribution < -0.4 is 10.2 Å². The van der Waals surface area contributed by atoms with Gasteiger partial charge in [-0.05, 0) is 61.9 Å². The van der Waals surface area contributed by atoms with Crippen LogP contribution in [0.2, 0.25) is 5.02 Å². The third kappa shape index (κ3) is 4.60. The second-order valence-electron chi connectivity index (χ2n) is 8.70. The molecule has 36 heavy (non-hydrogen) atoms. The van der Waals surface area contributed by atoms with Crippen molar-refractivity contribution in [3.05, 3.63) is 88.4 Å². The summed E-state index contributed by atoms with van der Waals surface area (Å²) in [5.74, 6) is -0.675. The molecule has 6 nitrogen and oxygen atoms in total. The highest BCUT2D eigenvalue weighted by Crippen LogP contribution is 2.38. The molecule has 3 aromatic rings. The molecule has 1 heterocycles. The minimum Gasteiger partial charge on any atom is -0.355 e. The Bertz CT molecular complexity index is 1400. The van der Waals surface area contributed by atoms with E-state index >= 15 is 0 Å². The number of amides is 3. The van der Waals surface area contributed by atoms with Crippen LogP contribution in [0.3, 0.4) is 0 Å². The van der Waals surface area contributed by atoms with Crippen LogP contribution in [-0.2, 0) is 17.5 Å². The van der Waals surface area contributed by atoms with E-state index < -0.39 is 34.8 Å². The maximum absolute atomic E-state index is 13.5. The van der Waals surface area contributed by atoms with Gasteiger partial charge in [0.05, 0.1) is 29.4 Å². The molecular formula is C26H20ClF3N4O2. The van der Waals surface area contributed by atoms with Crippen LogP contribution >= 0.6 is 11.6 Å². The monoisotopic (exact) mass is 512 g/mol. The van der Waals surface area contributed by atoms with Gasteiger partial charge < -0.3 is 10.2 Å². The van der Waals surface area contributed by atoms with Gasteiger partial charge in [-0.15, -0.1) is 0 Å². The molecule has 0 saturated carbocycles. The Labute approximate surface area is 210 Å². The lowest BCUT2D eigenvalue weighted by molar-refractivity contribution is -0.137. The molecule has 1 N–H and O–H groups in total. The summed E-state index contributed by atoms with van der Waals surface area (Å²) in [5, 5.41) is 12.8. The second kappa shape index (κ2) is 9.21. The smallest absolute Gasteiger partial charge is 0.355 e. The first kappa shape index (κ1) is 25.1. The number of urea groups is 1. The standard InChI is InChI=1S/C26H20ClF3N4O2/c1-25(2)23(35)34(20-11-10-16(14-31)21(13-20)26(28,29)30)24(36)33(25)15-17-6-3-4-9-22(17)32-19-8-5-7-18(27)12-19/h3-13,32H,15H2,1-2H3. The van der Waals surface area contributed by atoms with Crippen LogP contribution in [0.4, 0.5) is 35.0 Å². The number of nitriles is 1. The van der Waals surface area contributed by atoms with E-state index in [9.17, 15) is 22.8 Å². The van der Waals surface area contributed by atoms with Gasteiger partial charge >= 0.3 is 12.2 Å². The van der Waals surface area contributed by atoms with E-state index in [1.807, 2.05) is 6.07 Å². The van der Waals surface area contributed by atoms with Gasteiger partial charge in [0, 0.05) is 16.4 Å². The Morgan fingerprint density at radius 1 is 1.03 bits per heavy atom. The van der Waals surface area contributed by atoms with Crippen molar-refractivity contribution in [3.8, 4) is 6.07 Å². The summed E-state index contributed by atoms with van der Waals surface area (Å²) < 4.78 is 40.5. The number of benzene rings is 3. The van der Waals surface area contributed by atoms with Crippen molar-refractivity contribution in [2.45, 2.75) is 32.1 Å². The lowest BCUT2D eigenvalue weighted by Crippen LogP contribution is -2.43. The van der Waals surface area contributed by atoms with Gasteiger partial charge in [-0.3, -0.25) is 4.79 Å². The fourth-order valence-electron chi connectivity index (χ4n) is 4.00. The van der Waals surface area contributed by atoms with Crippen molar-refractivity contribution in [1.82, 2.24) is 4.90 Å². The number of hydrogen-bond acceptors (Lipinski definition) is 4. The molecule has 4 rings (SSSR count). The van der Waals surface area contributed by atoms with Crippen molar-refractivity contribution in [1.29, 1.82) is 5.26 Å².